The minimum absolute atomic E-state index is 0.288. The summed E-state index contributed by atoms with van der Waals surface area (Å²) in [4.78, 5) is 16.2. The molecule has 7 heteroatoms. The second kappa shape index (κ2) is 6.43. The first-order chi connectivity index (χ1) is 9.52. The van der Waals surface area contributed by atoms with E-state index in [4.69, 9.17) is 23.2 Å². The Balaban J connectivity index is 2.25. The molecular formula is C13H10BrCl2N3O. The van der Waals surface area contributed by atoms with E-state index >= 15 is 0 Å². The Labute approximate surface area is 134 Å². The van der Waals surface area contributed by atoms with Crippen molar-refractivity contribution in [3.8, 4) is 0 Å². The third-order valence-corrected chi connectivity index (χ3v) is 4.33. The van der Waals surface area contributed by atoms with Crippen LogP contribution >= 0.6 is 39.1 Å². The Bertz CT molecular complexity index is 664. The molecule has 1 heterocycles. The van der Waals surface area contributed by atoms with Crippen LogP contribution in [-0.4, -0.2) is 17.9 Å². The predicted molar refractivity (Wildman–Crippen MR) is 85.9 cm³/mol. The van der Waals surface area contributed by atoms with Crippen molar-refractivity contribution in [2.45, 2.75) is 0 Å². The Kier molecular flexibility index (Phi) is 4.86. The summed E-state index contributed by atoms with van der Waals surface area (Å²) in [7, 11) is 1.73. The molecule has 0 radical (unpaired) electrons. The van der Waals surface area contributed by atoms with Crippen LogP contribution < -0.4 is 10.6 Å². The van der Waals surface area contributed by atoms with Gasteiger partial charge in [-0.2, -0.15) is 0 Å². The third-order valence-electron chi connectivity index (χ3n) is 2.56. The molecular weight excluding hydrogens is 365 g/mol. The Hall–Kier alpha value is -1.30. The molecule has 2 rings (SSSR count). The average molecular weight is 375 g/mol. The summed E-state index contributed by atoms with van der Waals surface area (Å²) < 4.78 is 0.670. The number of carbonyl (C=O) groups is 1. The fourth-order valence-corrected chi connectivity index (χ4v) is 2.35. The van der Waals surface area contributed by atoms with Gasteiger partial charge in [-0.1, -0.05) is 23.2 Å². The zero-order chi connectivity index (χ0) is 14.7. The van der Waals surface area contributed by atoms with Crippen molar-refractivity contribution < 1.29 is 4.79 Å². The number of carbonyl (C=O) groups excluding carboxylic acids is 1. The van der Waals surface area contributed by atoms with Gasteiger partial charge in [0.05, 0.1) is 15.7 Å². The zero-order valence-corrected chi connectivity index (χ0v) is 13.5. The molecule has 0 fully saturated rings. The number of hydrogen-bond acceptors (Lipinski definition) is 3. The smallest absolute Gasteiger partial charge is 0.255 e. The van der Waals surface area contributed by atoms with Gasteiger partial charge in [0, 0.05) is 23.3 Å². The van der Waals surface area contributed by atoms with E-state index in [-0.39, 0.29) is 10.9 Å². The fourth-order valence-electron chi connectivity index (χ4n) is 1.53. The normalized spacial score (nSPS) is 10.2. The Morgan fingerprint density at radius 2 is 2.00 bits per heavy atom. The quantitative estimate of drug-likeness (QED) is 0.780. The van der Waals surface area contributed by atoms with Crippen molar-refractivity contribution in [1.82, 2.24) is 4.98 Å². The first-order valence-electron chi connectivity index (χ1n) is 5.61. The molecule has 0 aliphatic heterocycles. The zero-order valence-electron chi connectivity index (χ0n) is 10.4. The van der Waals surface area contributed by atoms with Gasteiger partial charge in [0.25, 0.3) is 5.91 Å². The number of amides is 1. The molecule has 0 spiro atoms. The van der Waals surface area contributed by atoms with Gasteiger partial charge in [-0.25, -0.2) is 4.98 Å². The molecule has 0 saturated heterocycles. The number of nitrogens with one attached hydrogen (secondary N) is 2. The highest BCUT2D eigenvalue weighted by atomic mass is 79.9. The molecule has 20 heavy (non-hydrogen) atoms. The van der Waals surface area contributed by atoms with Crippen molar-refractivity contribution >= 4 is 56.5 Å². The lowest BCUT2D eigenvalue weighted by Gasteiger charge is -2.10. The monoisotopic (exact) mass is 373 g/mol. The van der Waals surface area contributed by atoms with E-state index in [2.05, 4.69) is 31.5 Å². The molecule has 2 N–H and O–H groups in total. The number of aromatic nitrogens is 1. The van der Waals surface area contributed by atoms with Crippen molar-refractivity contribution in [3.63, 3.8) is 0 Å². The van der Waals surface area contributed by atoms with Crippen LogP contribution in [0, 0.1) is 0 Å². The lowest BCUT2D eigenvalue weighted by molar-refractivity contribution is 0.102. The molecule has 1 amide bonds. The molecule has 4 nitrogen and oxygen atoms in total. The highest BCUT2D eigenvalue weighted by Gasteiger charge is 2.12. The maximum atomic E-state index is 12.2. The van der Waals surface area contributed by atoms with E-state index in [0.29, 0.717) is 26.6 Å². The van der Waals surface area contributed by atoms with Crippen LogP contribution in [0.15, 0.2) is 34.9 Å². The van der Waals surface area contributed by atoms with Crippen LogP contribution in [0.4, 0.5) is 11.5 Å². The van der Waals surface area contributed by atoms with Crippen LogP contribution in [0.1, 0.15) is 10.4 Å². The van der Waals surface area contributed by atoms with Gasteiger partial charge in [0.15, 0.2) is 0 Å². The first-order valence-corrected chi connectivity index (χ1v) is 7.16. The minimum Gasteiger partial charge on any atom is -0.373 e. The Morgan fingerprint density at radius 3 is 2.70 bits per heavy atom. The van der Waals surface area contributed by atoms with Gasteiger partial charge in [-0.3, -0.25) is 4.79 Å². The molecule has 0 unspecified atom stereocenters. The average Bonchev–Trinajstić information content (AvgIpc) is 2.48. The molecule has 0 bridgehead atoms. The summed E-state index contributed by atoms with van der Waals surface area (Å²) >= 11 is 15.4. The van der Waals surface area contributed by atoms with E-state index < -0.39 is 0 Å². The van der Waals surface area contributed by atoms with Crippen LogP contribution in [-0.2, 0) is 0 Å². The number of nitrogens with zero attached hydrogens (tertiary/aromatic N) is 1. The van der Waals surface area contributed by atoms with E-state index in [1.54, 1.807) is 37.5 Å². The summed E-state index contributed by atoms with van der Waals surface area (Å²) in [5.41, 5.74) is 0.923. The summed E-state index contributed by atoms with van der Waals surface area (Å²) in [6.45, 7) is 0. The van der Waals surface area contributed by atoms with E-state index in [0.717, 1.165) is 0 Å². The number of hydrogen-bond donors (Lipinski definition) is 2. The standard InChI is InChI=1S/C13H10BrCl2N3O/c1-17-10-6-7(4-5-18-10)13(20)19-9-3-2-8(14)11(15)12(9)16/h2-6H,1H3,(H,17,18)(H,19,20). The SMILES string of the molecule is CNc1cc(C(=O)Nc2ccc(Br)c(Cl)c2Cl)ccn1. The molecule has 0 saturated carbocycles. The largest absolute Gasteiger partial charge is 0.373 e. The molecule has 2 aromatic rings. The lowest BCUT2D eigenvalue weighted by Crippen LogP contribution is -2.13. The second-order valence-electron chi connectivity index (χ2n) is 3.86. The van der Waals surface area contributed by atoms with Gasteiger partial charge in [0.1, 0.15) is 5.82 Å². The summed E-state index contributed by atoms with van der Waals surface area (Å²) in [5, 5.41) is 6.23. The minimum atomic E-state index is -0.288. The van der Waals surface area contributed by atoms with Gasteiger partial charge < -0.3 is 10.6 Å². The molecule has 0 atom stereocenters. The van der Waals surface area contributed by atoms with Crippen molar-refractivity contribution in [1.29, 1.82) is 0 Å². The van der Waals surface area contributed by atoms with Gasteiger partial charge in [0.2, 0.25) is 0 Å². The van der Waals surface area contributed by atoms with Crippen LogP contribution in [0.5, 0.6) is 0 Å². The number of anilines is 2. The molecule has 104 valence electrons. The molecule has 0 aliphatic carbocycles. The highest BCUT2D eigenvalue weighted by molar-refractivity contribution is 9.10. The van der Waals surface area contributed by atoms with Crippen molar-refractivity contribution in [2.24, 2.45) is 0 Å². The molecule has 1 aromatic carbocycles. The van der Waals surface area contributed by atoms with E-state index in [1.807, 2.05) is 0 Å². The summed E-state index contributed by atoms with van der Waals surface area (Å²) in [6.07, 6.45) is 1.55. The third kappa shape index (κ3) is 3.23. The van der Waals surface area contributed by atoms with Gasteiger partial charge >= 0.3 is 0 Å². The van der Waals surface area contributed by atoms with E-state index in [9.17, 15) is 4.79 Å². The van der Waals surface area contributed by atoms with E-state index in [1.165, 1.54) is 0 Å². The number of benzene rings is 1. The number of rotatable bonds is 3. The van der Waals surface area contributed by atoms with Crippen molar-refractivity contribution in [3.05, 3.63) is 50.5 Å². The maximum Gasteiger partial charge on any atom is 0.255 e. The molecule has 1 aromatic heterocycles. The maximum absolute atomic E-state index is 12.2. The predicted octanol–water partition coefficient (Wildman–Crippen LogP) is 4.44. The number of halogens is 3. The fraction of sp³-hybridized carbons (Fsp3) is 0.0769. The van der Waals surface area contributed by atoms with Gasteiger partial charge in [-0.15, -0.1) is 0 Å². The van der Waals surface area contributed by atoms with Gasteiger partial charge in [-0.05, 0) is 40.2 Å². The molecule has 0 aliphatic rings. The van der Waals surface area contributed by atoms with Crippen molar-refractivity contribution in [2.75, 3.05) is 17.7 Å². The lowest BCUT2D eigenvalue weighted by atomic mass is 10.2. The Morgan fingerprint density at radius 1 is 1.25 bits per heavy atom. The van der Waals surface area contributed by atoms with Crippen LogP contribution in [0.2, 0.25) is 10.0 Å². The van der Waals surface area contributed by atoms with Crippen LogP contribution in [0.25, 0.3) is 0 Å². The first kappa shape index (κ1) is 15.1. The number of pyridine rings is 1. The summed E-state index contributed by atoms with van der Waals surface area (Å²) in [5.74, 6) is 0.321. The van der Waals surface area contributed by atoms with Crippen LogP contribution in [0.3, 0.4) is 0 Å². The topological polar surface area (TPSA) is 54.0 Å². The highest BCUT2D eigenvalue weighted by Crippen LogP contribution is 2.35. The second-order valence-corrected chi connectivity index (χ2v) is 5.47. The summed E-state index contributed by atoms with van der Waals surface area (Å²) in [6, 6.07) is 6.65.